The minimum Gasteiger partial charge on any atom is -0.493 e. The van der Waals surface area contributed by atoms with E-state index in [4.69, 9.17) is 14.2 Å². The Morgan fingerprint density at radius 2 is 1.38 bits per heavy atom. The van der Waals surface area contributed by atoms with E-state index in [1.165, 1.54) is 21.1 Å². The molecule has 7 heteroatoms. The number of hydrogen-bond donors (Lipinski definition) is 0. The lowest BCUT2D eigenvalue weighted by Gasteiger charge is -2.21. The van der Waals surface area contributed by atoms with E-state index in [0.29, 0.717) is 11.5 Å². The van der Waals surface area contributed by atoms with Crippen LogP contribution in [0.5, 0.6) is 17.2 Å². The number of methoxy groups -OCH3 is 2. The van der Waals surface area contributed by atoms with Crippen LogP contribution in [0.15, 0.2) is 42.5 Å². The molecule has 134 valence electrons. The standard InChI is InChI=1S/C19H17NO6/c1-11(20-17(21)12-7-4-5-8-13(12)18(20)22)19(23)26-16-14(24-2)9-6-10-15(16)25-3/h4-11H,1-3H3/t11-/m0/s1. The lowest BCUT2D eigenvalue weighted by molar-refractivity contribution is -0.138. The number of ether oxygens (including phenoxy) is 3. The summed E-state index contributed by atoms with van der Waals surface area (Å²) in [4.78, 5) is 38.5. The van der Waals surface area contributed by atoms with Gasteiger partial charge in [-0.15, -0.1) is 0 Å². The highest BCUT2D eigenvalue weighted by atomic mass is 16.6. The smallest absolute Gasteiger partial charge is 0.334 e. The highest BCUT2D eigenvalue weighted by Crippen LogP contribution is 2.37. The van der Waals surface area contributed by atoms with E-state index in [9.17, 15) is 14.4 Å². The topological polar surface area (TPSA) is 82.1 Å². The molecule has 0 saturated heterocycles. The van der Waals surface area contributed by atoms with Gasteiger partial charge in [0, 0.05) is 0 Å². The Morgan fingerprint density at radius 3 is 1.85 bits per heavy atom. The summed E-state index contributed by atoms with van der Waals surface area (Å²) in [5, 5.41) is 0. The number of nitrogens with zero attached hydrogens (tertiary/aromatic N) is 1. The van der Waals surface area contributed by atoms with E-state index in [0.717, 1.165) is 4.90 Å². The molecule has 0 aliphatic carbocycles. The lowest BCUT2D eigenvalue weighted by Crippen LogP contribution is -2.44. The largest absolute Gasteiger partial charge is 0.493 e. The summed E-state index contributed by atoms with van der Waals surface area (Å²) in [7, 11) is 2.86. The van der Waals surface area contributed by atoms with Crippen LogP contribution in [0.3, 0.4) is 0 Å². The third kappa shape index (κ3) is 2.77. The summed E-state index contributed by atoms with van der Waals surface area (Å²) in [6.45, 7) is 1.44. The maximum absolute atomic E-state index is 12.6. The van der Waals surface area contributed by atoms with Gasteiger partial charge in [-0.25, -0.2) is 4.79 Å². The van der Waals surface area contributed by atoms with Gasteiger partial charge in [0.25, 0.3) is 11.8 Å². The number of carbonyl (C=O) groups is 3. The first-order valence-electron chi connectivity index (χ1n) is 7.89. The van der Waals surface area contributed by atoms with Gasteiger partial charge in [0.1, 0.15) is 6.04 Å². The first-order chi connectivity index (χ1) is 12.5. The van der Waals surface area contributed by atoms with Gasteiger partial charge in [0.2, 0.25) is 5.75 Å². The fourth-order valence-electron chi connectivity index (χ4n) is 2.77. The Balaban J connectivity index is 1.86. The summed E-state index contributed by atoms with van der Waals surface area (Å²) in [6.07, 6.45) is 0. The third-order valence-electron chi connectivity index (χ3n) is 4.14. The van der Waals surface area contributed by atoms with Gasteiger partial charge in [-0.05, 0) is 31.2 Å². The molecule has 0 saturated carbocycles. The molecule has 1 aliphatic heterocycles. The highest BCUT2D eigenvalue weighted by Gasteiger charge is 2.41. The first-order valence-corrected chi connectivity index (χ1v) is 7.89. The average Bonchev–Trinajstić information content (AvgIpc) is 2.92. The van der Waals surface area contributed by atoms with E-state index in [1.807, 2.05) is 0 Å². The molecule has 2 aromatic rings. The molecular formula is C19H17NO6. The monoisotopic (exact) mass is 355 g/mol. The van der Waals surface area contributed by atoms with Crippen LogP contribution < -0.4 is 14.2 Å². The normalized spacial score (nSPS) is 14.0. The van der Waals surface area contributed by atoms with Crippen molar-refractivity contribution in [3.8, 4) is 17.2 Å². The van der Waals surface area contributed by atoms with Crippen molar-refractivity contribution in [2.24, 2.45) is 0 Å². The van der Waals surface area contributed by atoms with E-state index in [1.54, 1.807) is 42.5 Å². The van der Waals surface area contributed by atoms with Crippen molar-refractivity contribution >= 4 is 17.8 Å². The van der Waals surface area contributed by atoms with Gasteiger partial charge in [-0.1, -0.05) is 18.2 Å². The molecule has 2 amide bonds. The minimum absolute atomic E-state index is 0.0889. The summed E-state index contributed by atoms with van der Waals surface area (Å²) in [6, 6.07) is 10.2. The summed E-state index contributed by atoms with van der Waals surface area (Å²) >= 11 is 0. The molecule has 1 aliphatic rings. The van der Waals surface area contributed by atoms with E-state index < -0.39 is 23.8 Å². The fraction of sp³-hybridized carbons (Fsp3) is 0.211. The summed E-state index contributed by atoms with van der Waals surface area (Å²) in [5.74, 6) is -1.14. The quantitative estimate of drug-likeness (QED) is 0.465. The van der Waals surface area contributed by atoms with E-state index in [2.05, 4.69) is 0 Å². The molecule has 0 bridgehead atoms. The molecule has 0 spiro atoms. The van der Waals surface area contributed by atoms with Gasteiger partial charge in [-0.2, -0.15) is 0 Å². The molecule has 1 heterocycles. The molecule has 0 unspecified atom stereocenters. The van der Waals surface area contributed by atoms with Crippen molar-refractivity contribution in [1.29, 1.82) is 0 Å². The second kappa shape index (κ2) is 6.87. The number of hydrogen-bond acceptors (Lipinski definition) is 6. The van der Waals surface area contributed by atoms with Crippen LogP contribution in [0.1, 0.15) is 27.6 Å². The zero-order chi connectivity index (χ0) is 18.8. The molecule has 0 radical (unpaired) electrons. The number of imide groups is 1. The number of rotatable bonds is 5. The van der Waals surface area contributed by atoms with Crippen LogP contribution in [-0.4, -0.2) is 42.9 Å². The molecule has 1 atom stereocenters. The van der Waals surface area contributed by atoms with Crippen LogP contribution in [-0.2, 0) is 4.79 Å². The van der Waals surface area contributed by atoms with Gasteiger partial charge >= 0.3 is 5.97 Å². The van der Waals surface area contributed by atoms with Crippen LogP contribution in [0, 0.1) is 0 Å². The maximum Gasteiger partial charge on any atom is 0.334 e. The first kappa shape index (κ1) is 17.5. The van der Waals surface area contributed by atoms with Crippen molar-refractivity contribution in [1.82, 2.24) is 4.90 Å². The number of para-hydroxylation sites is 1. The van der Waals surface area contributed by atoms with Crippen molar-refractivity contribution in [2.45, 2.75) is 13.0 Å². The average molecular weight is 355 g/mol. The molecule has 0 aromatic heterocycles. The number of carbonyl (C=O) groups excluding carboxylic acids is 3. The zero-order valence-corrected chi connectivity index (χ0v) is 14.5. The molecule has 3 rings (SSSR count). The predicted molar refractivity (Wildman–Crippen MR) is 91.6 cm³/mol. The van der Waals surface area contributed by atoms with Crippen LogP contribution in [0.2, 0.25) is 0 Å². The Labute approximate surface area is 150 Å². The highest BCUT2D eigenvalue weighted by molar-refractivity contribution is 6.22. The van der Waals surface area contributed by atoms with E-state index >= 15 is 0 Å². The van der Waals surface area contributed by atoms with Crippen molar-refractivity contribution < 1.29 is 28.6 Å². The van der Waals surface area contributed by atoms with Gasteiger partial charge in [-0.3, -0.25) is 14.5 Å². The Bertz CT molecular complexity index is 834. The second-order valence-electron chi connectivity index (χ2n) is 5.61. The number of esters is 1. The fourth-order valence-corrected chi connectivity index (χ4v) is 2.77. The van der Waals surface area contributed by atoms with Gasteiger partial charge in [0.15, 0.2) is 11.5 Å². The number of fused-ring (bicyclic) bond motifs is 1. The lowest BCUT2D eigenvalue weighted by atomic mass is 10.1. The van der Waals surface area contributed by atoms with Crippen molar-refractivity contribution in [3.05, 3.63) is 53.6 Å². The summed E-state index contributed by atoms with van der Waals surface area (Å²) in [5.41, 5.74) is 0.541. The second-order valence-corrected chi connectivity index (χ2v) is 5.61. The molecule has 2 aromatic carbocycles. The Morgan fingerprint density at radius 1 is 0.885 bits per heavy atom. The van der Waals surface area contributed by atoms with Gasteiger partial charge in [0.05, 0.1) is 25.3 Å². The number of benzene rings is 2. The predicted octanol–water partition coefficient (Wildman–Crippen LogP) is 2.29. The molecule has 26 heavy (non-hydrogen) atoms. The minimum atomic E-state index is -1.11. The van der Waals surface area contributed by atoms with Crippen LogP contribution in [0.25, 0.3) is 0 Å². The molecule has 7 nitrogen and oxygen atoms in total. The zero-order valence-electron chi connectivity index (χ0n) is 14.5. The maximum atomic E-state index is 12.6. The molecule has 0 N–H and O–H groups in total. The van der Waals surface area contributed by atoms with Crippen molar-refractivity contribution in [3.63, 3.8) is 0 Å². The number of amides is 2. The van der Waals surface area contributed by atoms with Crippen LogP contribution >= 0.6 is 0 Å². The van der Waals surface area contributed by atoms with Gasteiger partial charge < -0.3 is 14.2 Å². The SMILES string of the molecule is COc1cccc(OC)c1OC(=O)[C@H](C)N1C(=O)c2ccccc2C1=O. The summed E-state index contributed by atoms with van der Waals surface area (Å²) < 4.78 is 15.8. The molecular weight excluding hydrogens is 338 g/mol. The van der Waals surface area contributed by atoms with Crippen LogP contribution in [0.4, 0.5) is 0 Å². The van der Waals surface area contributed by atoms with Crippen molar-refractivity contribution in [2.75, 3.05) is 14.2 Å². The Hall–Kier alpha value is -3.35. The Kier molecular flexibility index (Phi) is 4.62. The van der Waals surface area contributed by atoms with E-state index in [-0.39, 0.29) is 16.9 Å². The third-order valence-corrected chi connectivity index (χ3v) is 4.14. The molecule has 0 fully saturated rings.